The summed E-state index contributed by atoms with van der Waals surface area (Å²) in [5, 5.41) is 0. The van der Waals surface area contributed by atoms with Gasteiger partial charge in [0.05, 0.1) is 6.20 Å². The maximum atomic E-state index is 12.8. The first-order valence-corrected chi connectivity index (χ1v) is 4.52. The number of benzene rings is 1. The Balaban J connectivity index is 2.26. The lowest BCUT2D eigenvalue weighted by atomic mass is 10.2. The predicted molar refractivity (Wildman–Crippen MR) is 56.6 cm³/mol. The molecule has 72 valence electrons. The van der Waals surface area contributed by atoms with Crippen molar-refractivity contribution in [1.82, 2.24) is 4.98 Å². The molecule has 0 aliphatic rings. The van der Waals surface area contributed by atoms with Crippen molar-refractivity contribution in [2.75, 3.05) is 0 Å². The topological polar surface area (TPSA) is 12.9 Å². The molecule has 2 heteroatoms. The highest BCUT2D eigenvalue weighted by atomic mass is 19.1. The van der Waals surface area contributed by atoms with Crippen LogP contribution >= 0.6 is 0 Å². The van der Waals surface area contributed by atoms with Crippen molar-refractivity contribution in [3.05, 3.63) is 65.7 Å². The summed E-state index contributed by atoms with van der Waals surface area (Å²) < 4.78 is 12.8. The number of pyridine rings is 1. The lowest BCUT2D eigenvalue weighted by Crippen LogP contribution is -1.81. The summed E-state index contributed by atoms with van der Waals surface area (Å²) in [7, 11) is 0. The summed E-state index contributed by atoms with van der Waals surface area (Å²) >= 11 is 0. The Labute approximate surface area is 87.6 Å². The monoisotopic (exact) mass is 197 g/mol. The Kier molecular flexibility index (Phi) is 2.75. The summed E-state index contributed by atoms with van der Waals surface area (Å²) in [4.78, 5) is 3.72. The van der Waals surface area contributed by atoms with E-state index in [1.165, 1.54) is 6.07 Å². The molecule has 2 rings (SSSR count). The fourth-order valence-electron chi connectivity index (χ4n) is 1.15. The fraction of sp³-hybridized carbons (Fsp3) is 0. The van der Waals surface area contributed by atoms with Gasteiger partial charge >= 0.3 is 0 Å². The number of rotatable bonds is 0. The smallest absolute Gasteiger partial charge is 0.142 e. The van der Waals surface area contributed by atoms with Crippen LogP contribution in [0.25, 0.3) is 0 Å². The average molecular weight is 197 g/mol. The molecule has 0 spiro atoms. The number of halogens is 1. The molecule has 0 saturated carbocycles. The van der Waals surface area contributed by atoms with Crippen molar-refractivity contribution in [2.45, 2.75) is 0 Å². The lowest BCUT2D eigenvalue weighted by Gasteiger charge is -1.89. The van der Waals surface area contributed by atoms with E-state index < -0.39 is 0 Å². The van der Waals surface area contributed by atoms with Crippen LogP contribution < -0.4 is 0 Å². The third-order valence-electron chi connectivity index (χ3n) is 1.83. The van der Waals surface area contributed by atoms with Gasteiger partial charge in [-0.1, -0.05) is 30.0 Å². The molecule has 0 aliphatic heterocycles. The fourth-order valence-corrected chi connectivity index (χ4v) is 1.15. The summed E-state index contributed by atoms with van der Waals surface area (Å²) in [6.07, 6.45) is 2.70. The van der Waals surface area contributed by atoms with Crippen molar-refractivity contribution < 1.29 is 4.39 Å². The molecular weight excluding hydrogens is 189 g/mol. The second kappa shape index (κ2) is 4.39. The highest BCUT2D eigenvalue weighted by molar-refractivity contribution is 5.41. The maximum Gasteiger partial charge on any atom is 0.142 e. The molecule has 15 heavy (non-hydrogen) atoms. The van der Waals surface area contributed by atoms with Crippen LogP contribution in [0.1, 0.15) is 11.1 Å². The van der Waals surface area contributed by atoms with Crippen molar-refractivity contribution in [1.29, 1.82) is 0 Å². The van der Waals surface area contributed by atoms with Gasteiger partial charge < -0.3 is 0 Å². The van der Waals surface area contributed by atoms with E-state index in [-0.39, 0.29) is 5.82 Å². The maximum absolute atomic E-state index is 12.8. The minimum atomic E-state index is -0.366. The molecule has 0 atom stereocenters. The highest BCUT2D eigenvalue weighted by Crippen LogP contribution is 2.00. The van der Waals surface area contributed by atoms with E-state index in [1.807, 2.05) is 30.3 Å². The van der Waals surface area contributed by atoms with Gasteiger partial charge in [-0.25, -0.2) is 4.39 Å². The van der Waals surface area contributed by atoms with Crippen LogP contribution in [-0.4, -0.2) is 4.98 Å². The molecular formula is C13H8FN. The Morgan fingerprint density at radius 1 is 0.933 bits per heavy atom. The van der Waals surface area contributed by atoms with Gasteiger partial charge in [-0.15, -0.1) is 0 Å². The predicted octanol–water partition coefficient (Wildman–Crippen LogP) is 2.62. The van der Waals surface area contributed by atoms with Gasteiger partial charge in [-0.2, -0.15) is 0 Å². The van der Waals surface area contributed by atoms with Crippen molar-refractivity contribution in [3.8, 4) is 11.8 Å². The van der Waals surface area contributed by atoms with Gasteiger partial charge in [0.15, 0.2) is 0 Å². The first kappa shape index (κ1) is 9.42. The summed E-state index contributed by atoms with van der Waals surface area (Å²) in [5.41, 5.74) is 1.49. The normalized spacial score (nSPS) is 9.13. The molecule has 0 amide bonds. The van der Waals surface area contributed by atoms with E-state index in [4.69, 9.17) is 0 Å². The van der Waals surface area contributed by atoms with E-state index in [9.17, 15) is 4.39 Å². The third kappa shape index (κ3) is 2.65. The van der Waals surface area contributed by atoms with Gasteiger partial charge in [0.25, 0.3) is 0 Å². The minimum Gasteiger partial charge on any atom is -0.260 e. The number of nitrogens with zero attached hydrogens (tertiary/aromatic N) is 1. The van der Waals surface area contributed by atoms with Crippen LogP contribution in [0, 0.1) is 17.7 Å². The van der Waals surface area contributed by atoms with Gasteiger partial charge in [0.2, 0.25) is 0 Å². The zero-order valence-electron chi connectivity index (χ0n) is 7.94. The summed E-state index contributed by atoms with van der Waals surface area (Å²) in [5.74, 6) is 5.41. The Hall–Kier alpha value is -2.14. The van der Waals surface area contributed by atoms with Crippen LogP contribution in [-0.2, 0) is 0 Å². The molecule has 0 radical (unpaired) electrons. The third-order valence-corrected chi connectivity index (χ3v) is 1.83. The minimum absolute atomic E-state index is 0.366. The first-order valence-electron chi connectivity index (χ1n) is 4.52. The molecule has 0 aliphatic carbocycles. The number of hydrogen-bond donors (Lipinski definition) is 0. The second-order valence-corrected chi connectivity index (χ2v) is 3.01. The van der Waals surface area contributed by atoms with Gasteiger partial charge in [-0.3, -0.25) is 4.98 Å². The van der Waals surface area contributed by atoms with E-state index >= 15 is 0 Å². The van der Waals surface area contributed by atoms with Crippen molar-refractivity contribution in [2.24, 2.45) is 0 Å². The van der Waals surface area contributed by atoms with Crippen molar-refractivity contribution >= 4 is 0 Å². The average Bonchev–Trinajstić information content (AvgIpc) is 2.28. The lowest BCUT2D eigenvalue weighted by molar-refractivity contribution is 0.621. The van der Waals surface area contributed by atoms with Gasteiger partial charge in [0.1, 0.15) is 5.82 Å². The van der Waals surface area contributed by atoms with Crippen LogP contribution in [0.15, 0.2) is 48.8 Å². The van der Waals surface area contributed by atoms with Crippen LogP contribution in [0.5, 0.6) is 0 Å². The molecule has 1 aromatic carbocycles. The number of aromatic nitrogens is 1. The quantitative estimate of drug-likeness (QED) is 0.591. The second-order valence-electron chi connectivity index (χ2n) is 3.01. The standard InChI is InChI=1S/C13H8FN/c14-13-8-12(9-15-10-13)7-6-11-4-2-1-3-5-11/h1-5,8-10H. The Bertz CT molecular complexity index is 509. The molecule has 0 fully saturated rings. The molecule has 0 saturated heterocycles. The zero-order chi connectivity index (χ0) is 10.5. The molecule has 1 nitrogen and oxygen atoms in total. The van der Waals surface area contributed by atoms with E-state index in [1.54, 1.807) is 6.20 Å². The Morgan fingerprint density at radius 3 is 2.40 bits per heavy atom. The van der Waals surface area contributed by atoms with Crippen LogP contribution in [0.3, 0.4) is 0 Å². The van der Waals surface area contributed by atoms with E-state index in [0.717, 1.165) is 11.8 Å². The zero-order valence-corrected chi connectivity index (χ0v) is 7.94. The molecule has 0 unspecified atom stereocenters. The highest BCUT2D eigenvalue weighted by Gasteiger charge is 1.90. The molecule has 1 aromatic heterocycles. The van der Waals surface area contributed by atoms with Gasteiger partial charge in [0, 0.05) is 17.3 Å². The number of hydrogen-bond acceptors (Lipinski definition) is 1. The van der Waals surface area contributed by atoms with Crippen molar-refractivity contribution in [3.63, 3.8) is 0 Å². The van der Waals surface area contributed by atoms with E-state index in [0.29, 0.717) is 5.56 Å². The van der Waals surface area contributed by atoms with E-state index in [2.05, 4.69) is 16.8 Å². The largest absolute Gasteiger partial charge is 0.260 e. The summed E-state index contributed by atoms with van der Waals surface area (Å²) in [6, 6.07) is 10.9. The molecule has 0 bridgehead atoms. The molecule has 2 aromatic rings. The molecule has 0 N–H and O–H groups in total. The van der Waals surface area contributed by atoms with Crippen LogP contribution in [0.2, 0.25) is 0 Å². The molecule has 1 heterocycles. The SMILES string of the molecule is Fc1cncc(C#Cc2ccccc2)c1. The van der Waals surface area contributed by atoms with Crippen LogP contribution in [0.4, 0.5) is 4.39 Å². The Morgan fingerprint density at radius 2 is 1.67 bits per heavy atom. The first-order chi connectivity index (χ1) is 7.34. The summed E-state index contributed by atoms with van der Waals surface area (Å²) in [6.45, 7) is 0. The van der Waals surface area contributed by atoms with Gasteiger partial charge in [-0.05, 0) is 18.2 Å².